The van der Waals surface area contributed by atoms with Crippen LogP contribution >= 0.6 is 11.6 Å². The monoisotopic (exact) mass is 583 g/mol. The molecule has 3 aromatic rings. The number of rotatable bonds is 4. The Morgan fingerprint density at radius 3 is 1.90 bits per heavy atom. The van der Waals surface area contributed by atoms with Crippen molar-refractivity contribution in [3.8, 4) is 11.4 Å². The van der Waals surface area contributed by atoms with E-state index in [9.17, 15) is 19.8 Å². The van der Waals surface area contributed by atoms with Crippen LogP contribution in [0.15, 0.2) is 36.5 Å². The lowest BCUT2D eigenvalue weighted by molar-refractivity contribution is -0.139. The lowest BCUT2D eigenvalue weighted by atomic mass is 10.2. The smallest absolute Gasteiger partial charge is 0.317 e. The van der Waals surface area contributed by atoms with Crippen molar-refractivity contribution < 1.29 is 19.8 Å². The second kappa shape index (κ2) is 13.4. The Bertz CT molecular complexity index is 1340. The lowest BCUT2D eigenvalue weighted by Crippen LogP contribution is -2.47. The third-order valence-corrected chi connectivity index (χ3v) is 7.53. The van der Waals surface area contributed by atoms with Crippen LogP contribution in [0.5, 0.6) is 0 Å². The second-order valence-corrected chi connectivity index (χ2v) is 10.9. The summed E-state index contributed by atoms with van der Waals surface area (Å²) in [5.41, 5.74) is 3.81. The Labute approximate surface area is 242 Å². The SMILES string of the molecule is O=C(O)CN1CCN2CCN(CC(=O)O)CCN(CC1)Cc1cccc(n1)-c1cnnn1Cc1cc(Cl)cc(n1)C2. The maximum Gasteiger partial charge on any atom is 0.317 e. The van der Waals surface area contributed by atoms with Crippen LogP contribution in [-0.2, 0) is 29.2 Å². The van der Waals surface area contributed by atoms with E-state index < -0.39 is 11.9 Å². The Morgan fingerprint density at radius 1 is 0.756 bits per heavy atom. The van der Waals surface area contributed by atoms with Crippen LogP contribution in [-0.4, -0.2) is 132 Å². The van der Waals surface area contributed by atoms with Gasteiger partial charge in [0.2, 0.25) is 0 Å². The maximum atomic E-state index is 11.7. The molecule has 14 heteroatoms. The van der Waals surface area contributed by atoms with Gasteiger partial charge in [-0.1, -0.05) is 22.9 Å². The highest BCUT2D eigenvalue weighted by atomic mass is 35.5. The molecule has 6 heterocycles. The predicted octanol–water partition coefficient (Wildman–Crippen LogP) is 0.841. The Hall–Kier alpha value is -3.49. The largest absolute Gasteiger partial charge is 0.480 e. The predicted molar refractivity (Wildman–Crippen MR) is 150 cm³/mol. The summed E-state index contributed by atoms with van der Waals surface area (Å²) in [6.45, 7) is 5.85. The summed E-state index contributed by atoms with van der Waals surface area (Å²) >= 11 is 6.53. The molecule has 0 unspecified atom stereocenters. The van der Waals surface area contributed by atoms with Gasteiger partial charge in [-0.2, -0.15) is 0 Å². The molecule has 2 N–H and O–H groups in total. The fraction of sp³-hybridized carbons (Fsp3) is 0.481. The normalized spacial score (nSPS) is 21.1. The van der Waals surface area contributed by atoms with Crippen LogP contribution in [0.3, 0.4) is 0 Å². The molecule has 6 bridgehead atoms. The molecule has 0 saturated carbocycles. The molecule has 0 aliphatic carbocycles. The molecule has 13 nitrogen and oxygen atoms in total. The van der Waals surface area contributed by atoms with Crippen LogP contribution in [0.2, 0.25) is 5.02 Å². The second-order valence-electron chi connectivity index (χ2n) is 10.5. The molecule has 0 atom stereocenters. The van der Waals surface area contributed by atoms with Crippen LogP contribution in [0.25, 0.3) is 11.4 Å². The van der Waals surface area contributed by atoms with Gasteiger partial charge in [-0.05, 0) is 24.3 Å². The van der Waals surface area contributed by atoms with Crippen molar-refractivity contribution in [2.24, 2.45) is 0 Å². The molecule has 6 rings (SSSR count). The van der Waals surface area contributed by atoms with Gasteiger partial charge in [0.1, 0.15) is 5.69 Å². The van der Waals surface area contributed by atoms with Gasteiger partial charge in [0.05, 0.1) is 48.6 Å². The minimum absolute atomic E-state index is 0.0584. The quantitative estimate of drug-likeness (QED) is 0.449. The van der Waals surface area contributed by atoms with E-state index in [0.29, 0.717) is 77.0 Å². The van der Waals surface area contributed by atoms with Gasteiger partial charge >= 0.3 is 11.9 Å². The highest BCUT2D eigenvalue weighted by Gasteiger charge is 2.21. The first kappa shape index (κ1) is 29.0. The third kappa shape index (κ3) is 8.27. The van der Waals surface area contributed by atoms with Crippen molar-refractivity contribution in [2.45, 2.75) is 19.6 Å². The van der Waals surface area contributed by atoms with Gasteiger partial charge in [-0.3, -0.25) is 34.2 Å². The van der Waals surface area contributed by atoms with Crippen molar-refractivity contribution in [3.05, 3.63) is 58.6 Å². The summed E-state index contributed by atoms with van der Waals surface area (Å²) in [7, 11) is 0. The molecule has 218 valence electrons. The first-order valence-electron chi connectivity index (χ1n) is 13.6. The third-order valence-electron chi connectivity index (χ3n) is 7.31. The summed E-state index contributed by atoms with van der Waals surface area (Å²) in [5, 5.41) is 28.1. The van der Waals surface area contributed by atoms with Gasteiger partial charge < -0.3 is 10.2 Å². The van der Waals surface area contributed by atoms with Crippen LogP contribution in [0.4, 0.5) is 0 Å². The van der Waals surface area contributed by atoms with Crippen molar-refractivity contribution in [3.63, 3.8) is 0 Å². The number of nitrogens with zero attached hydrogens (tertiary/aromatic N) is 9. The van der Waals surface area contributed by atoms with Gasteiger partial charge in [0.25, 0.3) is 0 Å². The zero-order valence-electron chi connectivity index (χ0n) is 22.8. The maximum absolute atomic E-state index is 11.7. The molecule has 3 aromatic heterocycles. The van der Waals surface area contributed by atoms with Crippen LogP contribution in [0.1, 0.15) is 17.1 Å². The summed E-state index contributed by atoms with van der Waals surface area (Å²) in [5.74, 6) is -1.74. The molecule has 0 radical (unpaired) electrons. The highest BCUT2D eigenvalue weighted by Crippen LogP contribution is 2.20. The number of fused-ring (bicyclic) bond motifs is 8. The Morgan fingerprint density at radius 2 is 1.32 bits per heavy atom. The molecule has 3 aliphatic heterocycles. The van der Waals surface area contributed by atoms with E-state index in [1.807, 2.05) is 40.1 Å². The van der Waals surface area contributed by atoms with Crippen molar-refractivity contribution in [1.82, 2.24) is 44.6 Å². The zero-order valence-corrected chi connectivity index (χ0v) is 23.5. The van der Waals surface area contributed by atoms with E-state index >= 15 is 0 Å². The Balaban J connectivity index is 1.56. The fourth-order valence-electron chi connectivity index (χ4n) is 5.26. The summed E-state index contributed by atoms with van der Waals surface area (Å²) in [6.07, 6.45) is 1.68. The number of aromatic nitrogens is 5. The standard InChI is InChI=1S/C27H34ClN9O4/c28-20-12-22-16-34-6-10-35(18-26(38)39)8-4-33(5-9-36(11-7-34)19-27(40)41)15-21-2-1-3-24(31-21)25-14-29-32-37(25)17-23(13-20)30-22/h1-3,12-14H,4-11,15-19H2,(H,38,39)(H,40,41). The topological polar surface area (TPSA) is 144 Å². The number of carboxylic acid groups (broad SMARTS) is 2. The van der Waals surface area contributed by atoms with E-state index in [4.69, 9.17) is 21.6 Å². The summed E-state index contributed by atoms with van der Waals surface area (Å²) < 4.78 is 1.77. The molecular formula is C27H34ClN9O4. The molecule has 41 heavy (non-hydrogen) atoms. The van der Waals surface area contributed by atoms with Crippen molar-refractivity contribution >= 4 is 23.5 Å². The van der Waals surface area contributed by atoms with E-state index in [0.717, 1.165) is 28.5 Å². The average molecular weight is 584 g/mol. The molecule has 3 aliphatic rings. The summed E-state index contributed by atoms with van der Waals surface area (Å²) in [4.78, 5) is 41.4. The van der Waals surface area contributed by atoms with Crippen molar-refractivity contribution in [1.29, 1.82) is 0 Å². The zero-order chi connectivity index (χ0) is 28.8. The minimum Gasteiger partial charge on any atom is -0.480 e. The number of hydrogen-bond acceptors (Lipinski definition) is 10. The molecule has 0 aromatic carbocycles. The average Bonchev–Trinajstić information content (AvgIpc) is 3.37. The number of carbonyl (C=O) groups is 2. The highest BCUT2D eigenvalue weighted by molar-refractivity contribution is 6.30. The van der Waals surface area contributed by atoms with Crippen LogP contribution in [0, 0.1) is 0 Å². The molecule has 1 saturated heterocycles. The van der Waals surface area contributed by atoms with E-state index in [-0.39, 0.29) is 13.1 Å². The number of aliphatic carboxylic acids is 2. The van der Waals surface area contributed by atoms with E-state index in [1.165, 1.54) is 0 Å². The number of carboxylic acids is 2. The van der Waals surface area contributed by atoms with E-state index in [1.54, 1.807) is 10.9 Å². The first-order chi connectivity index (χ1) is 19.8. The molecular weight excluding hydrogens is 550 g/mol. The number of halogens is 1. The minimum atomic E-state index is -0.870. The van der Waals surface area contributed by atoms with Crippen LogP contribution < -0.4 is 0 Å². The number of pyridine rings is 2. The van der Waals surface area contributed by atoms with E-state index in [2.05, 4.69) is 20.1 Å². The fourth-order valence-corrected chi connectivity index (χ4v) is 5.51. The molecule has 0 spiro atoms. The van der Waals surface area contributed by atoms with Crippen molar-refractivity contribution in [2.75, 3.05) is 65.4 Å². The van der Waals surface area contributed by atoms with Gasteiger partial charge in [0.15, 0.2) is 0 Å². The van der Waals surface area contributed by atoms with Gasteiger partial charge in [-0.15, -0.1) is 5.10 Å². The number of hydrogen-bond donors (Lipinski definition) is 2. The molecule has 1 fully saturated rings. The van der Waals surface area contributed by atoms with Gasteiger partial charge in [-0.25, -0.2) is 9.67 Å². The molecule has 0 amide bonds. The summed E-state index contributed by atoms with van der Waals surface area (Å²) in [6, 6.07) is 9.45. The lowest BCUT2D eigenvalue weighted by Gasteiger charge is -2.33. The van der Waals surface area contributed by atoms with Gasteiger partial charge in [0, 0.05) is 70.5 Å². The first-order valence-corrected chi connectivity index (χ1v) is 14.0. The Kier molecular flexibility index (Phi) is 9.52.